The summed E-state index contributed by atoms with van der Waals surface area (Å²) in [4.78, 5) is 10.9. The number of rotatable bonds is 3. The fraction of sp³-hybridized carbons (Fsp3) is 0.571. The first kappa shape index (κ1) is 7.28. The zero-order valence-corrected chi connectivity index (χ0v) is 5.76. The highest BCUT2D eigenvalue weighted by Gasteiger charge is 2.23. The lowest BCUT2D eigenvalue weighted by Gasteiger charge is -2.01. The fourth-order valence-corrected chi connectivity index (χ4v) is 0.587. The van der Waals surface area contributed by atoms with E-state index in [9.17, 15) is 4.79 Å². The van der Waals surface area contributed by atoms with Crippen LogP contribution in [0.5, 0.6) is 0 Å². The van der Waals surface area contributed by atoms with E-state index in [1.165, 1.54) is 0 Å². The highest BCUT2D eigenvalue weighted by molar-refractivity contribution is 5.93. The smallest absolute Gasteiger partial charge is 0.249 e. The third-order valence-electron chi connectivity index (χ3n) is 1.42. The van der Waals surface area contributed by atoms with Crippen molar-refractivity contribution in [3.05, 3.63) is 12.2 Å². The second kappa shape index (κ2) is 2.84. The van der Waals surface area contributed by atoms with Gasteiger partial charge >= 0.3 is 0 Å². The van der Waals surface area contributed by atoms with Gasteiger partial charge in [-0.2, -0.15) is 0 Å². The van der Waals surface area contributed by atoms with Crippen molar-refractivity contribution in [2.45, 2.75) is 18.9 Å². The van der Waals surface area contributed by atoms with E-state index in [1.54, 1.807) is 0 Å². The number of carbonyl (C=O) groups is 1. The Bertz CT molecular complexity index is 161. The molecule has 0 bridgehead atoms. The molecular weight excluding hydrogens is 130 g/mol. The molecule has 3 nitrogen and oxygen atoms in total. The largest absolute Gasteiger partial charge is 0.391 e. The van der Waals surface area contributed by atoms with Gasteiger partial charge in [-0.05, 0) is 12.8 Å². The first-order chi connectivity index (χ1) is 4.74. The Balaban J connectivity index is 2.25. The average Bonchev–Trinajstić information content (AvgIpc) is 2.70. The molecule has 0 aliphatic heterocycles. The Morgan fingerprint density at radius 2 is 2.30 bits per heavy atom. The van der Waals surface area contributed by atoms with Crippen molar-refractivity contribution in [1.29, 1.82) is 0 Å². The summed E-state index contributed by atoms with van der Waals surface area (Å²) in [6.07, 6.45) is 2.12. The van der Waals surface area contributed by atoms with Gasteiger partial charge in [0.2, 0.25) is 5.91 Å². The molecule has 0 atom stereocenters. The molecule has 0 aromatic heterocycles. The predicted octanol–water partition coefficient (Wildman–Crippen LogP) is -0.187. The van der Waals surface area contributed by atoms with Gasteiger partial charge in [0, 0.05) is 11.6 Å². The number of aliphatic hydroxyl groups is 1. The molecule has 1 aliphatic rings. The SMILES string of the molecule is C=C(CO)C(=O)NC1CC1. The number of amides is 1. The summed E-state index contributed by atoms with van der Waals surface area (Å²) >= 11 is 0. The average molecular weight is 141 g/mol. The minimum absolute atomic E-state index is 0.218. The molecule has 0 aromatic carbocycles. The van der Waals surface area contributed by atoms with Gasteiger partial charge in [-0.3, -0.25) is 4.79 Å². The first-order valence-electron chi connectivity index (χ1n) is 3.33. The Labute approximate surface area is 59.7 Å². The highest BCUT2D eigenvalue weighted by atomic mass is 16.3. The van der Waals surface area contributed by atoms with E-state index < -0.39 is 0 Å². The Hall–Kier alpha value is -0.830. The van der Waals surface area contributed by atoms with Gasteiger partial charge in [-0.1, -0.05) is 6.58 Å². The Morgan fingerprint density at radius 3 is 2.70 bits per heavy atom. The van der Waals surface area contributed by atoms with E-state index in [4.69, 9.17) is 5.11 Å². The van der Waals surface area contributed by atoms with E-state index in [0.29, 0.717) is 6.04 Å². The van der Waals surface area contributed by atoms with Gasteiger partial charge in [-0.25, -0.2) is 0 Å². The minimum atomic E-state index is -0.251. The first-order valence-corrected chi connectivity index (χ1v) is 3.33. The van der Waals surface area contributed by atoms with Crippen molar-refractivity contribution < 1.29 is 9.90 Å². The molecule has 2 N–H and O–H groups in total. The van der Waals surface area contributed by atoms with Crippen molar-refractivity contribution >= 4 is 5.91 Å². The highest BCUT2D eigenvalue weighted by Crippen LogP contribution is 2.18. The van der Waals surface area contributed by atoms with Crippen LogP contribution in [0.15, 0.2) is 12.2 Å². The molecule has 1 rings (SSSR count). The van der Waals surface area contributed by atoms with Gasteiger partial charge in [0.05, 0.1) is 6.61 Å². The van der Waals surface area contributed by atoms with Crippen LogP contribution < -0.4 is 5.32 Å². The monoisotopic (exact) mass is 141 g/mol. The number of hydrogen-bond acceptors (Lipinski definition) is 2. The molecule has 0 unspecified atom stereocenters. The zero-order valence-electron chi connectivity index (χ0n) is 5.76. The normalized spacial score (nSPS) is 16.5. The molecule has 56 valence electrons. The molecule has 0 saturated heterocycles. The van der Waals surface area contributed by atoms with Crippen LogP contribution in [0, 0.1) is 0 Å². The maximum Gasteiger partial charge on any atom is 0.249 e. The Kier molecular flexibility index (Phi) is 2.06. The summed E-state index contributed by atoms with van der Waals surface area (Å²) < 4.78 is 0. The van der Waals surface area contributed by atoms with E-state index in [2.05, 4.69) is 11.9 Å². The Morgan fingerprint density at radius 1 is 1.70 bits per heavy atom. The van der Waals surface area contributed by atoms with Crippen molar-refractivity contribution in [1.82, 2.24) is 5.32 Å². The summed E-state index contributed by atoms with van der Waals surface area (Å²) in [6, 6.07) is 0.343. The van der Waals surface area contributed by atoms with Crippen LogP contribution in [-0.2, 0) is 4.79 Å². The van der Waals surface area contributed by atoms with Crippen LogP contribution in [-0.4, -0.2) is 23.7 Å². The van der Waals surface area contributed by atoms with Gasteiger partial charge in [0.15, 0.2) is 0 Å². The molecule has 1 aliphatic carbocycles. The lowest BCUT2D eigenvalue weighted by atomic mass is 10.3. The van der Waals surface area contributed by atoms with Crippen LogP contribution in [0.2, 0.25) is 0 Å². The van der Waals surface area contributed by atoms with Crippen molar-refractivity contribution in [3.63, 3.8) is 0 Å². The van der Waals surface area contributed by atoms with Crippen LogP contribution >= 0.6 is 0 Å². The van der Waals surface area contributed by atoms with Crippen LogP contribution in [0.4, 0.5) is 0 Å². The summed E-state index contributed by atoms with van der Waals surface area (Å²) in [6.45, 7) is 3.14. The van der Waals surface area contributed by atoms with E-state index in [0.717, 1.165) is 12.8 Å². The molecule has 1 amide bonds. The van der Waals surface area contributed by atoms with Crippen molar-refractivity contribution in [2.24, 2.45) is 0 Å². The molecule has 10 heavy (non-hydrogen) atoms. The molecule has 3 heteroatoms. The summed E-state index contributed by atoms with van der Waals surface area (Å²) in [5.74, 6) is -0.218. The topological polar surface area (TPSA) is 49.3 Å². The van der Waals surface area contributed by atoms with Gasteiger partial charge < -0.3 is 10.4 Å². The van der Waals surface area contributed by atoms with Gasteiger partial charge in [-0.15, -0.1) is 0 Å². The van der Waals surface area contributed by atoms with Crippen LogP contribution in [0.25, 0.3) is 0 Å². The second-order valence-corrected chi connectivity index (χ2v) is 2.51. The van der Waals surface area contributed by atoms with Crippen LogP contribution in [0.3, 0.4) is 0 Å². The molecule has 0 heterocycles. The number of hydrogen-bond donors (Lipinski definition) is 2. The summed E-state index contributed by atoms with van der Waals surface area (Å²) in [5.41, 5.74) is 0.242. The van der Waals surface area contributed by atoms with Crippen molar-refractivity contribution in [3.8, 4) is 0 Å². The summed E-state index contributed by atoms with van der Waals surface area (Å²) in [5, 5.41) is 11.2. The third kappa shape index (κ3) is 1.84. The standard InChI is InChI=1S/C7H11NO2/c1-5(4-9)7(10)8-6-2-3-6/h6,9H,1-4H2,(H,8,10). The minimum Gasteiger partial charge on any atom is -0.391 e. The molecule has 1 fully saturated rings. The van der Waals surface area contributed by atoms with E-state index in [1.807, 2.05) is 0 Å². The van der Waals surface area contributed by atoms with Crippen molar-refractivity contribution in [2.75, 3.05) is 6.61 Å². The van der Waals surface area contributed by atoms with Crippen LogP contribution in [0.1, 0.15) is 12.8 Å². The van der Waals surface area contributed by atoms with Gasteiger partial charge in [0.1, 0.15) is 0 Å². The lowest BCUT2D eigenvalue weighted by molar-refractivity contribution is -0.118. The van der Waals surface area contributed by atoms with E-state index in [-0.39, 0.29) is 18.1 Å². The molecule has 1 saturated carbocycles. The fourth-order valence-electron chi connectivity index (χ4n) is 0.587. The van der Waals surface area contributed by atoms with Gasteiger partial charge in [0.25, 0.3) is 0 Å². The number of nitrogens with one attached hydrogen (secondary N) is 1. The number of aliphatic hydroxyl groups excluding tert-OH is 1. The molecule has 0 aromatic rings. The zero-order chi connectivity index (χ0) is 7.56. The van der Waals surface area contributed by atoms with E-state index >= 15 is 0 Å². The lowest BCUT2D eigenvalue weighted by Crippen LogP contribution is -2.27. The number of carbonyl (C=O) groups excluding carboxylic acids is 1. The molecular formula is C7H11NO2. The third-order valence-corrected chi connectivity index (χ3v) is 1.42. The second-order valence-electron chi connectivity index (χ2n) is 2.51. The quantitative estimate of drug-likeness (QED) is 0.535. The molecule has 0 spiro atoms. The maximum absolute atomic E-state index is 10.9. The predicted molar refractivity (Wildman–Crippen MR) is 37.4 cm³/mol. The summed E-state index contributed by atoms with van der Waals surface area (Å²) in [7, 11) is 0. The molecule has 0 radical (unpaired) electrons. The maximum atomic E-state index is 10.9.